The summed E-state index contributed by atoms with van der Waals surface area (Å²) >= 11 is 0. The molecule has 2 nitrogen and oxygen atoms in total. The van der Waals surface area contributed by atoms with Crippen molar-refractivity contribution < 1.29 is 0 Å². The van der Waals surface area contributed by atoms with Gasteiger partial charge < -0.3 is 10.2 Å². The summed E-state index contributed by atoms with van der Waals surface area (Å²) in [5.41, 5.74) is 11.1. The Morgan fingerprint density at radius 3 is 1.71 bits per heavy atom. The van der Waals surface area contributed by atoms with E-state index in [1.165, 1.54) is 66.3 Å². The first-order chi connectivity index (χ1) is 20.8. The SMILES string of the molecule is Cc1cccc(-c2c3ccccc3c(-c3ccc(C4Nc5ccccc5N4c4ccccc4)cc3)c3ccccc23)c1. The van der Waals surface area contributed by atoms with Gasteiger partial charge in [-0.05, 0) is 80.6 Å². The number of fused-ring (bicyclic) bond motifs is 3. The van der Waals surface area contributed by atoms with Crippen molar-refractivity contribution in [1.82, 2.24) is 0 Å². The van der Waals surface area contributed by atoms with Crippen LogP contribution in [0.1, 0.15) is 17.3 Å². The summed E-state index contributed by atoms with van der Waals surface area (Å²) < 4.78 is 0. The van der Waals surface area contributed by atoms with Gasteiger partial charge in [-0.3, -0.25) is 0 Å². The van der Waals surface area contributed by atoms with E-state index in [0.717, 1.165) is 5.69 Å². The van der Waals surface area contributed by atoms with E-state index in [1.54, 1.807) is 0 Å². The maximum Gasteiger partial charge on any atom is 0.130 e. The molecule has 0 radical (unpaired) electrons. The summed E-state index contributed by atoms with van der Waals surface area (Å²) in [5, 5.41) is 8.89. The van der Waals surface area contributed by atoms with Crippen LogP contribution in [0.2, 0.25) is 0 Å². The van der Waals surface area contributed by atoms with E-state index in [9.17, 15) is 0 Å². The number of hydrogen-bond donors (Lipinski definition) is 1. The van der Waals surface area contributed by atoms with Crippen molar-refractivity contribution in [3.05, 3.63) is 163 Å². The normalized spacial score (nSPS) is 14.2. The molecule has 1 unspecified atom stereocenters. The fourth-order valence-electron chi connectivity index (χ4n) is 6.65. The second-order valence-corrected chi connectivity index (χ2v) is 11.1. The van der Waals surface area contributed by atoms with Gasteiger partial charge in [-0.2, -0.15) is 0 Å². The van der Waals surface area contributed by atoms with Gasteiger partial charge in [0.15, 0.2) is 0 Å². The first-order valence-electron chi connectivity index (χ1n) is 14.6. The lowest BCUT2D eigenvalue weighted by Gasteiger charge is -2.27. The van der Waals surface area contributed by atoms with Gasteiger partial charge in [-0.15, -0.1) is 0 Å². The van der Waals surface area contributed by atoms with Crippen LogP contribution in [0.25, 0.3) is 43.8 Å². The average Bonchev–Trinajstić information content (AvgIpc) is 3.44. The minimum absolute atomic E-state index is 0.0102. The predicted molar refractivity (Wildman–Crippen MR) is 178 cm³/mol. The molecule has 0 amide bonds. The monoisotopic (exact) mass is 538 g/mol. The topological polar surface area (TPSA) is 15.3 Å². The fourth-order valence-corrected chi connectivity index (χ4v) is 6.65. The summed E-state index contributed by atoms with van der Waals surface area (Å²) in [6.45, 7) is 2.17. The minimum atomic E-state index is 0.0102. The van der Waals surface area contributed by atoms with Crippen molar-refractivity contribution in [3.63, 3.8) is 0 Å². The molecule has 0 aromatic heterocycles. The number of nitrogens with one attached hydrogen (secondary N) is 1. The van der Waals surface area contributed by atoms with Crippen LogP contribution in [0.4, 0.5) is 17.1 Å². The highest BCUT2D eigenvalue weighted by Gasteiger charge is 2.31. The van der Waals surface area contributed by atoms with Crippen LogP contribution in [0.3, 0.4) is 0 Å². The first kappa shape index (κ1) is 24.5. The zero-order valence-corrected chi connectivity index (χ0v) is 23.5. The van der Waals surface area contributed by atoms with Gasteiger partial charge in [0.05, 0.1) is 11.4 Å². The summed E-state index contributed by atoms with van der Waals surface area (Å²) in [6, 6.07) is 54.9. The lowest BCUT2D eigenvalue weighted by Crippen LogP contribution is -2.23. The second-order valence-electron chi connectivity index (χ2n) is 11.1. The molecule has 0 bridgehead atoms. The van der Waals surface area contributed by atoms with E-state index >= 15 is 0 Å². The van der Waals surface area contributed by atoms with Crippen molar-refractivity contribution >= 4 is 38.6 Å². The molecule has 0 aliphatic carbocycles. The van der Waals surface area contributed by atoms with Gasteiger partial charge in [-0.1, -0.05) is 133 Å². The number of nitrogens with zero attached hydrogens (tertiary/aromatic N) is 1. The molecular formula is C40H30N2. The highest BCUT2D eigenvalue weighted by molar-refractivity contribution is 6.21. The molecule has 0 saturated heterocycles. The number of benzene rings is 7. The highest BCUT2D eigenvalue weighted by atomic mass is 15.3. The first-order valence-corrected chi connectivity index (χ1v) is 14.6. The van der Waals surface area contributed by atoms with Gasteiger partial charge >= 0.3 is 0 Å². The number of rotatable bonds is 4. The van der Waals surface area contributed by atoms with Crippen LogP contribution in [-0.4, -0.2) is 0 Å². The van der Waals surface area contributed by atoms with E-state index in [0.29, 0.717) is 0 Å². The molecule has 1 atom stereocenters. The Labute approximate surface area is 246 Å². The minimum Gasteiger partial charge on any atom is -0.359 e. The molecule has 7 aromatic carbocycles. The van der Waals surface area contributed by atoms with Gasteiger partial charge in [0.1, 0.15) is 6.17 Å². The van der Waals surface area contributed by atoms with E-state index < -0.39 is 0 Å². The molecule has 42 heavy (non-hydrogen) atoms. The molecule has 1 N–H and O–H groups in total. The molecule has 0 fully saturated rings. The highest BCUT2D eigenvalue weighted by Crippen LogP contribution is 2.47. The smallest absolute Gasteiger partial charge is 0.130 e. The maximum absolute atomic E-state index is 3.77. The second kappa shape index (κ2) is 9.94. The molecule has 7 aromatic rings. The Bertz CT molecular complexity index is 2020. The predicted octanol–water partition coefficient (Wildman–Crippen LogP) is 10.9. The Hall–Kier alpha value is -5.34. The van der Waals surface area contributed by atoms with E-state index in [2.05, 4.69) is 169 Å². The maximum atomic E-state index is 3.77. The third kappa shape index (κ3) is 3.95. The molecule has 200 valence electrons. The summed E-state index contributed by atoms with van der Waals surface area (Å²) in [7, 11) is 0. The average molecular weight is 539 g/mol. The van der Waals surface area contributed by atoms with Crippen LogP contribution in [0.15, 0.2) is 152 Å². The summed E-state index contributed by atoms with van der Waals surface area (Å²) in [5.74, 6) is 0. The number of para-hydroxylation sites is 3. The van der Waals surface area contributed by atoms with Gasteiger partial charge in [0.2, 0.25) is 0 Å². The Kier molecular flexibility index (Phi) is 5.79. The number of hydrogen-bond acceptors (Lipinski definition) is 2. The number of anilines is 3. The molecule has 2 heteroatoms. The fraction of sp³-hybridized carbons (Fsp3) is 0.0500. The van der Waals surface area contributed by atoms with Crippen LogP contribution >= 0.6 is 0 Å². The third-order valence-corrected chi connectivity index (χ3v) is 8.50. The van der Waals surface area contributed by atoms with Gasteiger partial charge in [0.25, 0.3) is 0 Å². The molecule has 0 saturated carbocycles. The molecule has 1 aliphatic rings. The van der Waals surface area contributed by atoms with Crippen LogP contribution in [0.5, 0.6) is 0 Å². The molecule has 0 spiro atoms. The molecule has 1 heterocycles. The zero-order valence-electron chi connectivity index (χ0n) is 23.5. The Balaban J connectivity index is 1.28. The van der Waals surface area contributed by atoms with Crippen LogP contribution in [-0.2, 0) is 0 Å². The van der Waals surface area contributed by atoms with Crippen molar-refractivity contribution in [1.29, 1.82) is 0 Å². The van der Waals surface area contributed by atoms with Crippen molar-refractivity contribution in [2.24, 2.45) is 0 Å². The zero-order chi connectivity index (χ0) is 28.0. The van der Waals surface area contributed by atoms with Crippen molar-refractivity contribution in [2.45, 2.75) is 13.1 Å². The van der Waals surface area contributed by atoms with E-state index in [1.807, 2.05) is 0 Å². The Morgan fingerprint density at radius 1 is 0.500 bits per heavy atom. The quantitative estimate of drug-likeness (QED) is 0.224. The number of aryl methyl sites for hydroxylation is 1. The van der Waals surface area contributed by atoms with Crippen LogP contribution < -0.4 is 10.2 Å². The Morgan fingerprint density at radius 2 is 1.07 bits per heavy atom. The summed E-state index contributed by atoms with van der Waals surface area (Å²) in [4.78, 5) is 2.39. The third-order valence-electron chi connectivity index (χ3n) is 8.50. The van der Waals surface area contributed by atoms with Crippen LogP contribution in [0, 0.1) is 6.92 Å². The lowest BCUT2D eigenvalue weighted by molar-refractivity contribution is 0.828. The summed E-state index contributed by atoms with van der Waals surface area (Å²) in [6.07, 6.45) is 0.0102. The van der Waals surface area contributed by atoms with Crippen molar-refractivity contribution in [2.75, 3.05) is 10.2 Å². The van der Waals surface area contributed by atoms with Gasteiger partial charge in [0, 0.05) is 5.69 Å². The van der Waals surface area contributed by atoms with E-state index in [-0.39, 0.29) is 6.17 Å². The van der Waals surface area contributed by atoms with E-state index in [4.69, 9.17) is 0 Å². The molecule has 1 aliphatic heterocycles. The standard InChI is InChI=1S/C40H30N2/c1-27-12-11-13-30(26-27)39-34-18-7-5-16-32(34)38(33-17-6-8-19-35(33)39)28-22-24-29(25-23-28)40-41-36-20-9-10-21-37(36)42(40)31-14-3-2-4-15-31/h2-26,40-41H,1H3. The largest absolute Gasteiger partial charge is 0.359 e. The van der Waals surface area contributed by atoms with Gasteiger partial charge in [-0.25, -0.2) is 0 Å². The lowest BCUT2D eigenvalue weighted by atomic mass is 9.85. The molecule has 8 rings (SSSR count). The van der Waals surface area contributed by atoms with Crippen molar-refractivity contribution in [3.8, 4) is 22.3 Å². The molecular weight excluding hydrogens is 508 g/mol.